The Bertz CT molecular complexity index is 1100. The Balaban J connectivity index is 1.85. The number of benzene rings is 2. The van der Waals surface area contributed by atoms with Crippen LogP contribution in [-0.4, -0.2) is 34.2 Å². The van der Waals surface area contributed by atoms with Gasteiger partial charge in [0.05, 0.1) is 12.1 Å². The van der Waals surface area contributed by atoms with Crippen molar-refractivity contribution in [3.05, 3.63) is 93.2 Å². The van der Waals surface area contributed by atoms with Gasteiger partial charge in [-0.25, -0.2) is 8.78 Å². The molecule has 0 radical (unpaired) electrons. The molecule has 3 aromatic rings. The van der Waals surface area contributed by atoms with Crippen LogP contribution in [-0.2, 0) is 17.9 Å². The molecule has 0 N–H and O–H groups in total. The van der Waals surface area contributed by atoms with E-state index < -0.39 is 11.7 Å². The van der Waals surface area contributed by atoms with Crippen LogP contribution in [0.15, 0.2) is 60.7 Å². The predicted molar refractivity (Wildman–Crippen MR) is 127 cm³/mol. The summed E-state index contributed by atoms with van der Waals surface area (Å²) < 4.78 is 27.7. The summed E-state index contributed by atoms with van der Waals surface area (Å²) in [4.78, 5) is 31.8. The third-order valence-corrected chi connectivity index (χ3v) is 6.56. The zero-order valence-corrected chi connectivity index (χ0v) is 19.9. The highest BCUT2D eigenvalue weighted by Gasteiger charge is 2.27. The zero-order chi connectivity index (χ0) is 24.0. The van der Waals surface area contributed by atoms with Crippen molar-refractivity contribution in [2.24, 2.45) is 0 Å². The van der Waals surface area contributed by atoms with E-state index in [1.807, 2.05) is 32.9 Å². The van der Waals surface area contributed by atoms with Gasteiger partial charge in [0.25, 0.3) is 5.91 Å². The van der Waals surface area contributed by atoms with Gasteiger partial charge in [-0.1, -0.05) is 31.2 Å². The highest BCUT2D eigenvalue weighted by atomic mass is 32.1. The van der Waals surface area contributed by atoms with Crippen molar-refractivity contribution < 1.29 is 18.4 Å². The molecule has 4 nitrogen and oxygen atoms in total. The molecular formula is C26H28F2N2O2S. The van der Waals surface area contributed by atoms with Gasteiger partial charge in [0, 0.05) is 22.3 Å². The Hall–Kier alpha value is -3.06. The van der Waals surface area contributed by atoms with Gasteiger partial charge in [-0.05, 0) is 62.2 Å². The van der Waals surface area contributed by atoms with E-state index in [1.165, 1.54) is 35.2 Å². The van der Waals surface area contributed by atoms with E-state index in [0.717, 1.165) is 15.3 Å². The summed E-state index contributed by atoms with van der Waals surface area (Å²) in [5.41, 5.74) is 0.734. The lowest BCUT2D eigenvalue weighted by Gasteiger charge is -2.31. The zero-order valence-electron chi connectivity index (χ0n) is 19.1. The monoisotopic (exact) mass is 470 g/mol. The fourth-order valence-corrected chi connectivity index (χ4v) is 4.39. The van der Waals surface area contributed by atoms with E-state index in [1.54, 1.807) is 34.4 Å². The molecule has 0 saturated carbocycles. The number of carbonyl (C=O) groups excluding carboxylic acids is 2. The molecule has 3 rings (SSSR count). The minimum absolute atomic E-state index is 0.0513. The number of hydrogen-bond acceptors (Lipinski definition) is 3. The largest absolute Gasteiger partial charge is 0.332 e. The topological polar surface area (TPSA) is 40.6 Å². The lowest BCUT2D eigenvalue weighted by atomic mass is 10.1. The number of rotatable bonds is 9. The normalized spacial score (nSPS) is 11.8. The summed E-state index contributed by atoms with van der Waals surface area (Å²) in [5, 5.41) is 0. The molecule has 0 aliphatic rings. The van der Waals surface area contributed by atoms with E-state index in [2.05, 4.69) is 0 Å². The highest BCUT2D eigenvalue weighted by Crippen LogP contribution is 2.20. The molecule has 0 aliphatic carbocycles. The minimum Gasteiger partial charge on any atom is -0.332 e. The first-order chi connectivity index (χ1) is 15.8. The number of amides is 2. The van der Waals surface area contributed by atoms with Crippen molar-refractivity contribution in [1.29, 1.82) is 0 Å². The summed E-state index contributed by atoms with van der Waals surface area (Å²) in [6.07, 6.45) is 0.621. The van der Waals surface area contributed by atoms with Crippen LogP contribution in [0.3, 0.4) is 0 Å². The second-order valence-electron chi connectivity index (χ2n) is 8.06. The molecule has 0 spiro atoms. The molecule has 0 aliphatic heterocycles. The summed E-state index contributed by atoms with van der Waals surface area (Å²) in [6.45, 7) is 6.24. The quantitative estimate of drug-likeness (QED) is 0.396. The first-order valence-corrected chi connectivity index (χ1v) is 11.7. The van der Waals surface area contributed by atoms with Gasteiger partial charge in [0.1, 0.15) is 18.2 Å². The van der Waals surface area contributed by atoms with Gasteiger partial charge in [-0.15, -0.1) is 11.3 Å². The average molecular weight is 471 g/mol. The van der Waals surface area contributed by atoms with Crippen molar-refractivity contribution in [2.75, 3.05) is 6.54 Å². The summed E-state index contributed by atoms with van der Waals surface area (Å²) in [5.74, 6) is -1.72. The Morgan fingerprint density at radius 3 is 2.27 bits per heavy atom. The van der Waals surface area contributed by atoms with Crippen molar-refractivity contribution in [1.82, 2.24) is 9.80 Å². The Kier molecular flexibility index (Phi) is 8.33. The first-order valence-electron chi connectivity index (χ1n) is 10.9. The molecule has 0 unspecified atom stereocenters. The van der Waals surface area contributed by atoms with Gasteiger partial charge in [0.15, 0.2) is 0 Å². The lowest BCUT2D eigenvalue weighted by Crippen LogP contribution is -2.46. The maximum Gasteiger partial charge on any atom is 0.257 e. The number of thiophene rings is 1. The smallest absolute Gasteiger partial charge is 0.257 e. The molecule has 2 amide bonds. The number of nitrogens with zero attached hydrogens (tertiary/aromatic N) is 2. The molecule has 0 saturated heterocycles. The van der Waals surface area contributed by atoms with Crippen molar-refractivity contribution >= 4 is 23.2 Å². The standard InChI is InChI=1S/C26H28F2N2O2S/c1-4-18(2)30(26(32)23-7-5-6-8-24(23)28)17-25(31)29(16-22-14-9-19(3)33-22)15-20-10-12-21(27)13-11-20/h5-14,18H,4,15-17H2,1-3H3/t18-/m1/s1. The Morgan fingerprint density at radius 2 is 1.67 bits per heavy atom. The van der Waals surface area contributed by atoms with E-state index in [0.29, 0.717) is 13.0 Å². The number of halogens is 2. The molecule has 0 fully saturated rings. The second-order valence-corrected chi connectivity index (χ2v) is 9.43. The lowest BCUT2D eigenvalue weighted by molar-refractivity contribution is -0.133. The van der Waals surface area contributed by atoms with Crippen LogP contribution >= 0.6 is 11.3 Å². The van der Waals surface area contributed by atoms with Crippen molar-refractivity contribution in [2.45, 2.75) is 46.3 Å². The van der Waals surface area contributed by atoms with Crippen LogP contribution in [0, 0.1) is 18.6 Å². The summed E-state index contributed by atoms with van der Waals surface area (Å²) in [6, 6.07) is 15.5. The fourth-order valence-electron chi connectivity index (χ4n) is 3.48. The van der Waals surface area contributed by atoms with Crippen molar-refractivity contribution in [3.8, 4) is 0 Å². The molecule has 33 heavy (non-hydrogen) atoms. The number of hydrogen-bond donors (Lipinski definition) is 0. The molecule has 174 valence electrons. The third kappa shape index (κ3) is 6.48. The Labute approximate surface area is 197 Å². The molecule has 7 heteroatoms. The predicted octanol–water partition coefficient (Wildman–Crippen LogP) is 5.80. The molecule has 1 aromatic heterocycles. The summed E-state index contributed by atoms with van der Waals surface area (Å²) in [7, 11) is 0. The SMILES string of the molecule is CC[C@@H](C)N(CC(=O)N(Cc1ccc(F)cc1)Cc1ccc(C)s1)C(=O)c1ccccc1F. The second kappa shape index (κ2) is 11.2. The van der Waals surface area contributed by atoms with Crippen molar-refractivity contribution in [3.63, 3.8) is 0 Å². The van der Waals surface area contributed by atoms with E-state index in [9.17, 15) is 18.4 Å². The van der Waals surface area contributed by atoms with E-state index in [-0.39, 0.29) is 36.4 Å². The molecule has 0 bridgehead atoms. The fraction of sp³-hybridized carbons (Fsp3) is 0.308. The Morgan fingerprint density at radius 1 is 0.970 bits per heavy atom. The highest BCUT2D eigenvalue weighted by molar-refractivity contribution is 7.11. The maximum absolute atomic E-state index is 14.3. The van der Waals surface area contributed by atoms with Crippen LogP contribution < -0.4 is 0 Å². The molecule has 2 aromatic carbocycles. The van der Waals surface area contributed by atoms with Crippen LogP contribution in [0.1, 0.15) is 45.9 Å². The van der Waals surface area contributed by atoms with Gasteiger partial charge >= 0.3 is 0 Å². The van der Waals surface area contributed by atoms with Crippen LogP contribution in [0.5, 0.6) is 0 Å². The van der Waals surface area contributed by atoms with Crippen LogP contribution in [0.4, 0.5) is 8.78 Å². The van der Waals surface area contributed by atoms with Gasteiger partial charge in [-0.2, -0.15) is 0 Å². The third-order valence-electron chi connectivity index (χ3n) is 5.58. The van der Waals surface area contributed by atoms with Gasteiger partial charge < -0.3 is 9.80 Å². The molecule has 1 heterocycles. The van der Waals surface area contributed by atoms with E-state index >= 15 is 0 Å². The summed E-state index contributed by atoms with van der Waals surface area (Å²) >= 11 is 1.60. The number of carbonyl (C=O) groups is 2. The molecular weight excluding hydrogens is 442 g/mol. The van der Waals surface area contributed by atoms with Crippen LogP contribution in [0.25, 0.3) is 0 Å². The van der Waals surface area contributed by atoms with Gasteiger partial charge in [0.2, 0.25) is 5.91 Å². The minimum atomic E-state index is -0.611. The van der Waals surface area contributed by atoms with Crippen LogP contribution in [0.2, 0.25) is 0 Å². The maximum atomic E-state index is 14.3. The van der Waals surface area contributed by atoms with E-state index in [4.69, 9.17) is 0 Å². The van der Waals surface area contributed by atoms with Gasteiger partial charge in [-0.3, -0.25) is 9.59 Å². The molecule has 1 atom stereocenters. The average Bonchev–Trinajstić information content (AvgIpc) is 3.22. The first kappa shape index (κ1) is 24.6. The number of aryl methyl sites for hydroxylation is 1.